The first-order valence-corrected chi connectivity index (χ1v) is 9.94. The lowest BCUT2D eigenvalue weighted by Gasteiger charge is -2.65. The lowest BCUT2D eigenvalue weighted by molar-refractivity contribution is -0.224. The molecular formula is C22H30O5. The predicted octanol–water partition coefficient (Wildman–Crippen LogP) is 2.41. The minimum atomic E-state index is -1.19. The van der Waals surface area contributed by atoms with Crippen molar-refractivity contribution >= 4 is 11.8 Å². The highest BCUT2D eigenvalue weighted by atomic mass is 16.5. The molecule has 0 aliphatic heterocycles. The van der Waals surface area contributed by atoms with E-state index < -0.39 is 23.5 Å². The van der Waals surface area contributed by atoms with Crippen molar-refractivity contribution in [3.63, 3.8) is 0 Å². The van der Waals surface area contributed by atoms with Gasteiger partial charge in [0.15, 0.2) is 5.78 Å². The number of ether oxygens (including phenoxy) is 1. The van der Waals surface area contributed by atoms with Crippen molar-refractivity contribution in [2.24, 2.45) is 34.0 Å². The van der Waals surface area contributed by atoms with E-state index >= 15 is 0 Å². The van der Waals surface area contributed by atoms with E-state index in [-0.39, 0.29) is 40.5 Å². The number of ketones is 1. The molecule has 8 atom stereocenters. The van der Waals surface area contributed by atoms with E-state index in [1.165, 1.54) is 6.92 Å². The molecule has 3 saturated carbocycles. The molecule has 3 fully saturated rings. The molecule has 4 aliphatic carbocycles. The number of aliphatic hydroxyl groups excluding tert-OH is 2. The minimum absolute atomic E-state index is 0.0591. The molecule has 0 saturated heterocycles. The van der Waals surface area contributed by atoms with Crippen LogP contribution < -0.4 is 0 Å². The van der Waals surface area contributed by atoms with Gasteiger partial charge in [0.05, 0.1) is 17.6 Å². The molecule has 4 rings (SSSR count). The van der Waals surface area contributed by atoms with Crippen molar-refractivity contribution in [2.75, 3.05) is 0 Å². The number of carbonyl (C=O) groups is 2. The summed E-state index contributed by atoms with van der Waals surface area (Å²) < 4.78 is 5.62. The van der Waals surface area contributed by atoms with Crippen LogP contribution >= 0.6 is 0 Å². The molecular weight excluding hydrogens is 344 g/mol. The maximum absolute atomic E-state index is 13.2. The Balaban J connectivity index is 1.81. The van der Waals surface area contributed by atoms with Crippen LogP contribution in [0, 0.1) is 34.0 Å². The van der Waals surface area contributed by atoms with E-state index in [2.05, 4.69) is 27.4 Å². The Morgan fingerprint density at radius 2 is 1.93 bits per heavy atom. The van der Waals surface area contributed by atoms with Gasteiger partial charge in [-0.1, -0.05) is 39.5 Å². The number of carbonyl (C=O) groups excluding carboxylic acids is 2. The van der Waals surface area contributed by atoms with Crippen LogP contribution in [0.4, 0.5) is 0 Å². The van der Waals surface area contributed by atoms with Gasteiger partial charge in [-0.05, 0) is 36.2 Å². The van der Waals surface area contributed by atoms with E-state index in [9.17, 15) is 19.8 Å². The third-order valence-electron chi connectivity index (χ3n) is 8.44. The van der Waals surface area contributed by atoms with Crippen LogP contribution in [-0.2, 0) is 14.3 Å². The summed E-state index contributed by atoms with van der Waals surface area (Å²) in [6.45, 7) is 11.7. The number of allylic oxidation sites excluding steroid dienone is 1. The number of hydrogen-bond donors (Lipinski definition) is 2. The zero-order valence-corrected chi connectivity index (χ0v) is 16.6. The van der Waals surface area contributed by atoms with Crippen molar-refractivity contribution in [3.05, 3.63) is 24.3 Å². The maximum Gasteiger partial charge on any atom is 0.302 e. The van der Waals surface area contributed by atoms with Gasteiger partial charge in [-0.3, -0.25) is 9.59 Å². The number of esters is 1. The SMILES string of the molecule is C=C1C(=O)[C@@]23[C@H](O)C[C@@H]4C(C)(C)[C@@H](OC(C)=O)CC[C@@]4(C)[C@@H]2C=C[C@@H]1[C@H]3O. The summed E-state index contributed by atoms with van der Waals surface area (Å²) in [5.41, 5.74) is -1.39. The predicted molar refractivity (Wildman–Crippen MR) is 99.5 cm³/mol. The van der Waals surface area contributed by atoms with Crippen LogP contribution in [-0.4, -0.2) is 40.3 Å². The van der Waals surface area contributed by atoms with Gasteiger partial charge in [0.2, 0.25) is 0 Å². The summed E-state index contributed by atoms with van der Waals surface area (Å²) >= 11 is 0. The third kappa shape index (κ3) is 2.07. The average molecular weight is 374 g/mol. The van der Waals surface area contributed by atoms with E-state index in [0.29, 0.717) is 18.4 Å². The lowest BCUT2D eigenvalue weighted by Crippen LogP contribution is -2.67. The number of Topliss-reactive ketones (excluding diaryl/α,β-unsaturated/α-hetero) is 1. The summed E-state index contributed by atoms with van der Waals surface area (Å²) in [5.74, 6) is -1.06. The Morgan fingerprint density at radius 1 is 1.26 bits per heavy atom. The fourth-order valence-electron chi connectivity index (χ4n) is 7.15. The van der Waals surface area contributed by atoms with Crippen LogP contribution in [0.2, 0.25) is 0 Å². The number of hydrogen-bond acceptors (Lipinski definition) is 5. The minimum Gasteiger partial charge on any atom is -0.462 e. The first kappa shape index (κ1) is 18.9. The molecule has 0 aromatic heterocycles. The Bertz CT molecular complexity index is 752. The summed E-state index contributed by atoms with van der Waals surface area (Å²) in [4.78, 5) is 24.8. The molecule has 148 valence electrons. The zero-order valence-electron chi connectivity index (χ0n) is 16.6. The van der Waals surface area contributed by atoms with Gasteiger partial charge >= 0.3 is 5.97 Å². The summed E-state index contributed by atoms with van der Waals surface area (Å²) in [5, 5.41) is 22.3. The molecule has 2 N–H and O–H groups in total. The van der Waals surface area contributed by atoms with Gasteiger partial charge in [0, 0.05) is 24.2 Å². The number of aliphatic hydroxyl groups is 2. The fraction of sp³-hybridized carbons (Fsp3) is 0.727. The standard InChI is InChI=1S/C22H30O5/c1-11-13-6-7-14-21(5)9-8-17(27-12(2)23)20(3,4)15(21)10-16(24)22(14,18(11)25)19(13)26/h6-7,13-17,19,24,26H,1,8-10H2,2-5H3/t13-,14-,15+,16+,17-,19+,21-,22-/m0/s1. The first-order chi connectivity index (χ1) is 12.5. The maximum atomic E-state index is 13.2. The van der Waals surface area contributed by atoms with E-state index in [0.717, 1.165) is 6.42 Å². The summed E-state index contributed by atoms with van der Waals surface area (Å²) in [7, 11) is 0. The molecule has 0 aromatic carbocycles. The van der Waals surface area contributed by atoms with Crippen LogP contribution in [0.5, 0.6) is 0 Å². The van der Waals surface area contributed by atoms with Gasteiger partial charge in [0.1, 0.15) is 6.10 Å². The quantitative estimate of drug-likeness (QED) is 0.418. The highest BCUT2D eigenvalue weighted by Crippen LogP contribution is 2.69. The molecule has 1 spiro atoms. The molecule has 0 heterocycles. The molecule has 5 heteroatoms. The second-order valence-corrected chi connectivity index (χ2v) is 9.89. The first-order valence-electron chi connectivity index (χ1n) is 9.94. The van der Waals surface area contributed by atoms with Gasteiger partial charge < -0.3 is 14.9 Å². The fourth-order valence-corrected chi connectivity index (χ4v) is 7.15. The van der Waals surface area contributed by atoms with Crippen molar-refractivity contribution in [1.29, 1.82) is 0 Å². The largest absolute Gasteiger partial charge is 0.462 e. The Morgan fingerprint density at radius 3 is 2.56 bits per heavy atom. The lowest BCUT2D eigenvalue weighted by atomic mass is 9.40. The Hall–Kier alpha value is -1.46. The van der Waals surface area contributed by atoms with Crippen molar-refractivity contribution in [1.82, 2.24) is 0 Å². The van der Waals surface area contributed by atoms with Gasteiger partial charge in [-0.2, -0.15) is 0 Å². The van der Waals surface area contributed by atoms with Crippen molar-refractivity contribution < 1.29 is 24.5 Å². The topological polar surface area (TPSA) is 83.8 Å². The Kier molecular flexibility index (Phi) is 3.88. The second kappa shape index (κ2) is 5.54. The summed E-state index contributed by atoms with van der Waals surface area (Å²) in [6.07, 6.45) is 3.78. The number of rotatable bonds is 1. The highest BCUT2D eigenvalue weighted by Gasteiger charge is 2.73. The van der Waals surface area contributed by atoms with Gasteiger partial charge in [-0.25, -0.2) is 0 Å². The zero-order chi connectivity index (χ0) is 19.9. The van der Waals surface area contributed by atoms with E-state index in [4.69, 9.17) is 4.74 Å². The monoisotopic (exact) mass is 374 g/mol. The third-order valence-corrected chi connectivity index (χ3v) is 8.44. The van der Waals surface area contributed by atoms with E-state index in [1.807, 2.05) is 12.2 Å². The van der Waals surface area contributed by atoms with Gasteiger partial charge in [0.25, 0.3) is 0 Å². The van der Waals surface area contributed by atoms with Gasteiger partial charge in [-0.15, -0.1) is 0 Å². The van der Waals surface area contributed by atoms with Crippen LogP contribution in [0.1, 0.15) is 47.0 Å². The molecule has 0 aromatic rings. The summed E-state index contributed by atoms with van der Waals surface area (Å²) in [6, 6.07) is 0. The molecule has 27 heavy (non-hydrogen) atoms. The number of fused-ring (bicyclic) bond motifs is 3. The van der Waals surface area contributed by atoms with E-state index in [1.54, 1.807) is 0 Å². The molecule has 0 unspecified atom stereocenters. The second-order valence-electron chi connectivity index (χ2n) is 9.89. The van der Waals surface area contributed by atoms with Crippen LogP contribution in [0.25, 0.3) is 0 Å². The van der Waals surface area contributed by atoms with Crippen LogP contribution in [0.15, 0.2) is 24.3 Å². The molecule has 4 aliphatic rings. The highest BCUT2D eigenvalue weighted by molar-refractivity contribution is 6.05. The molecule has 5 nitrogen and oxygen atoms in total. The molecule has 0 amide bonds. The van der Waals surface area contributed by atoms with Crippen LogP contribution in [0.3, 0.4) is 0 Å². The van der Waals surface area contributed by atoms with Crippen molar-refractivity contribution in [3.8, 4) is 0 Å². The molecule has 2 bridgehead atoms. The van der Waals surface area contributed by atoms with Crippen molar-refractivity contribution in [2.45, 2.75) is 65.3 Å². The smallest absolute Gasteiger partial charge is 0.302 e. The Labute approximate surface area is 160 Å². The molecule has 0 radical (unpaired) electrons. The normalized spacial score (nSPS) is 50.1. The average Bonchev–Trinajstić information content (AvgIpc) is 2.69.